The van der Waals surface area contributed by atoms with Crippen molar-refractivity contribution in [1.82, 2.24) is 9.55 Å². The van der Waals surface area contributed by atoms with E-state index in [1.807, 2.05) is 6.07 Å². The van der Waals surface area contributed by atoms with Crippen molar-refractivity contribution in [3.05, 3.63) is 52.4 Å². The summed E-state index contributed by atoms with van der Waals surface area (Å²) >= 11 is 0. The third kappa shape index (κ3) is 2.14. The van der Waals surface area contributed by atoms with Crippen LogP contribution in [0.5, 0.6) is 0 Å². The molecule has 0 aliphatic heterocycles. The van der Waals surface area contributed by atoms with Gasteiger partial charge < -0.3 is 0 Å². The highest BCUT2D eigenvalue weighted by Gasteiger charge is 2.07. The molecule has 4 nitrogen and oxygen atoms in total. The van der Waals surface area contributed by atoms with Crippen LogP contribution in [0.25, 0.3) is 11.4 Å². The number of hydrogen-bond donors (Lipinski definition) is 0. The maximum absolute atomic E-state index is 11.7. The monoisotopic (exact) mass is 235 g/mol. The van der Waals surface area contributed by atoms with Crippen molar-refractivity contribution in [3.8, 4) is 29.8 Å². The van der Waals surface area contributed by atoms with E-state index in [1.54, 1.807) is 24.3 Å². The van der Waals surface area contributed by atoms with Gasteiger partial charge in [-0.3, -0.25) is 9.36 Å². The number of aromatic nitrogens is 2. The number of nitrogens with zero attached hydrogens (tertiary/aromatic N) is 3. The minimum absolute atomic E-state index is 0.152. The van der Waals surface area contributed by atoms with E-state index in [9.17, 15) is 4.79 Å². The summed E-state index contributed by atoms with van der Waals surface area (Å²) in [5.41, 5.74) is 1.00. The van der Waals surface area contributed by atoms with Crippen LogP contribution in [0.15, 0.2) is 41.3 Å². The molecule has 0 aliphatic carbocycles. The average molecular weight is 235 g/mol. The van der Waals surface area contributed by atoms with Gasteiger partial charge in [0.15, 0.2) is 0 Å². The molecule has 0 spiro atoms. The maximum Gasteiger partial charge on any atom is 0.254 e. The molecule has 2 rings (SSSR count). The van der Waals surface area contributed by atoms with E-state index in [1.165, 1.54) is 16.8 Å². The first kappa shape index (κ1) is 11.6. The molecule has 0 unspecified atom stereocenters. The van der Waals surface area contributed by atoms with Crippen LogP contribution in [0.2, 0.25) is 0 Å². The molecule has 0 radical (unpaired) electrons. The fourth-order valence-electron chi connectivity index (χ4n) is 1.64. The predicted molar refractivity (Wildman–Crippen MR) is 67.5 cm³/mol. The van der Waals surface area contributed by atoms with Gasteiger partial charge in [0, 0.05) is 17.8 Å². The summed E-state index contributed by atoms with van der Waals surface area (Å²) < 4.78 is 1.40. The maximum atomic E-state index is 11.7. The number of benzene rings is 1. The Hall–Kier alpha value is -2.85. The second-order valence-electron chi connectivity index (χ2n) is 3.59. The molecule has 0 fully saturated rings. The van der Waals surface area contributed by atoms with Gasteiger partial charge in [-0.1, -0.05) is 18.1 Å². The fourth-order valence-corrected chi connectivity index (χ4v) is 1.64. The van der Waals surface area contributed by atoms with Gasteiger partial charge in [0.05, 0.1) is 18.2 Å². The summed E-state index contributed by atoms with van der Waals surface area (Å²) in [6.45, 7) is 0.152. The van der Waals surface area contributed by atoms with Crippen LogP contribution < -0.4 is 5.56 Å². The summed E-state index contributed by atoms with van der Waals surface area (Å²) in [5.74, 6) is 2.89. The standard InChI is InChI=1S/C14H9N3O/c1-2-8-17-13(18)6-7-16-14(17)12-5-3-4-11(9-12)10-15/h1,3-7,9H,8H2. The first-order valence-corrected chi connectivity index (χ1v) is 5.26. The zero-order chi connectivity index (χ0) is 13.0. The van der Waals surface area contributed by atoms with Gasteiger partial charge in [-0.2, -0.15) is 5.26 Å². The predicted octanol–water partition coefficient (Wildman–Crippen LogP) is 1.42. The van der Waals surface area contributed by atoms with E-state index in [2.05, 4.69) is 10.9 Å². The molecule has 86 valence electrons. The van der Waals surface area contributed by atoms with Gasteiger partial charge in [0.2, 0.25) is 0 Å². The van der Waals surface area contributed by atoms with E-state index in [0.29, 0.717) is 17.0 Å². The molecule has 0 saturated carbocycles. The fraction of sp³-hybridized carbons (Fsp3) is 0.0714. The van der Waals surface area contributed by atoms with Crippen molar-refractivity contribution in [2.75, 3.05) is 0 Å². The molecular weight excluding hydrogens is 226 g/mol. The molecule has 0 saturated heterocycles. The quantitative estimate of drug-likeness (QED) is 0.739. The largest absolute Gasteiger partial charge is 0.281 e. The normalized spacial score (nSPS) is 9.44. The van der Waals surface area contributed by atoms with Crippen molar-refractivity contribution in [2.45, 2.75) is 6.54 Å². The van der Waals surface area contributed by atoms with Gasteiger partial charge in [0.1, 0.15) is 5.82 Å². The lowest BCUT2D eigenvalue weighted by molar-refractivity contribution is 0.781. The van der Waals surface area contributed by atoms with Crippen molar-refractivity contribution < 1.29 is 0 Å². The summed E-state index contributed by atoms with van der Waals surface area (Å²) in [4.78, 5) is 15.9. The highest BCUT2D eigenvalue weighted by atomic mass is 16.1. The minimum Gasteiger partial charge on any atom is -0.281 e. The third-order valence-corrected chi connectivity index (χ3v) is 2.43. The van der Waals surface area contributed by atoms with E-state index < -0.39 is 0 Å². The molecule has 2 aromatic rings. The van der Waals surface area contributed by atoms with Crippen molar-refractivity contribution >= 4 is 0 Å². The zero-order valence-electron chi connectivity index (χ0n) is 9.50. The molecule has 1 aromatic heterocycles. The molecule has 1 aromatic carbocycles. The molecule has 0 atom stereocenters. The smallest absolute Gasteiger partial charge is 0.254 e. The lowest BCUT2D eigenvalue weighted by Gasteiger charge is -2.08. The Bertz CT molecular complexity index is 717. The highest BCUT2D eigenvalue weighted by Crippen LogP contribution is 2.16. The first-order chi connectivity index (χ1) is 8.76. The number of terminal acetylenes is 1. The summed E-state index contributed by atoms with van der Waals surface area (Å²) in [7, 11) is 0. The second-order valence-corrected chi connectivity index (χ2v) is 3.59. The van der Waals surface area contributed by atoms with Gasteiger partial charge in [-0.15, -0.1) is 6.42 Å². The van der Waals surface area contributed by atoms with E-state index in [-0.39, 0.29) is 12.1 Å². The molecule has 0 N–H and O–H groups in total. The number of hydrogen-bond acceptors (Lipinski definition) is 3. The number of rotatable bonds is 2. The summed E-state index contributed by atoms with van der Waals surface area (Å²) in [6, 6.07) is 10.3. The molecule has 0 aliphatic rings. The lowest BCUT2D eigenvalue weighted by atomic mass is 10.1. The molecule has 0 amide bonds. The summed E-state index contributed by atoms with van der Waals surface area (Å²) in [6.07, 6.45) is 6.68. The van der Waals surface area contributed by atoms with E-state index in [0.717, 1.165) is 0 Å². The second kappa shape index (κ2) is 4.99. The van der Waals surface area contributed by atoms with Crippen molar-refractivity contribution in [2.24, 2.45) is 0 Å². The SMILES string of the molecule is C#CCn1c(-c2cccc(C#N)c2)nccc1=O. The molecule has 0 bridgehead atoms. The van der Waals surface area contributed by atoms with Crippen LogP contribution >= 0.6 is 0 Å². The number of nitriles is 1. The average Bonchev–Trinajstić information content (AvgIpc) is 2.41. The third-order valence-electron chi connectivity index (χ3n) is 2.43. The Morgan fingerprint density at radius 1 is 1.39 bits per heavy atom. The van der Waals surface area contributed by atoms with Crippen LogP contribution in [-0.4, -0.2) is 9.55 Å². The topological polar surface area (TPSA) is 58.7 Å². The lowest BCUT2D eigenvalue weighted by Crippen LogP contribution is -2.21. The Morgan fingerprint density at radius 3 is 2.94 bits per heavy atom. The Kier molecular flexibility index (Phi) is 3.22. The van der Waals surface area contributed by atoms with Gasteiger partial charge in [-0.25, -0.2) is 4.98 Å². The highest BCUT2D eigenvalue weighted by molar-refractivity contribution is 5.58. The van der Waals surface area contributed by atoms with Gasteiger partial charge in [-0.05, 0) is 12.1 Å². The van der Waals surface area contributed by atoms with E-state index in [4.69, 9.17) is 11.7 Å². The molecule has 1 heterocycles. The van der Waals surface area contributed by atoms with Crippen LogP contribution in [0.4, 0.5) is 0 Å². The Morgan fingerprint density at radius 2 is 2.22 bits per heavy atom. The van der Waals surface area contributed by atoms with Gasteiger partial charge in [0.25, 0.3) is 5.56 Å². The van der Waals surface area contributed by atoms with Crippen LogP contribution in [0.1, 0.15) is 5.56 Å². The zero-order valence-corrected chi connectivity index (χ0v) is 9.50. The summed E-state index contributed by atoms with van der Waals surface area (Å²) in [5, 5.41) is 8.86. The minimum atomic E-state index is -0.208. The van der Waals surface area contributed by atoms with E-state index >= 15 is 0 Å². The van der Waals surface area contributed by atoms with Crippen LogP contribution in [0, 0.1) is 23.7 Å². The molecular formula is C14H9N3O. The Labute approximate surface area is 104 Å². The van der Waals surface area contributed by atoms with Crippen molar-refractivity contribution in [1.29, 1.82) is 5.26 Å². The molecule has 18 heavy (non-hydrogen) atoms. The van der Waals surface area contributed by atoms with Crippen molar-refractivity contribution in [3.63, 3.8) is 0 Å². The molecule has 4 heteroatoms. The van der Waals surface area contributed by atoms with Crippen LogP contribution in [-0.2, 0) is 6.54 Å². The van der Waals surface area contributed by atoms with Crippen LogP contribution in [0.3, 0.4) is 0 Å². The Balaban J connectivity index is 2.64. The van der Waals surface area contributed by atoms with Gasteiger partial charge >= 0.3 is 0 Å². The first-order valence-electron chi connectivity index (χ1n) is 5.26.